The molecule has 0 radical (unpaired) electrons. The highest BCUT2D eigenvalue weighted by molar-refractivity contribution is 7.87. The minimum Gasteiger partial charge on any atom is -0.402 e. The second-order valence-corrected chi connectivity index (χ2v) is 6.29. The Bertz CT molecular complexity index is 877. The standard InChI is InChI=1S/C16H13NO7S/c18-16(13-7-3-1-4-8-13)24-25(21,22)12-11-15(17(19)20)23-14-9-5-2-6-10-14/h1-11H,12H2. The number of hydrogen-bond acceptors (Lipinski definition) is 7. The molecule has 0 aliphatic carbocycles. The summed E-state index contributed by atoms with van der Waals surface area (Å²) in [5.41, 5.74) is 0.0464. The molecule has 0 aliphatic heterocycles. The van der Waals surface area contributed by atoms with Crippen molar-refractivity contribution in [2.45, 2.75) is 0 Å². The summed E-state index contributed by atoms with van der Waals surface area (Å²) in [5, 5.41) is 11.0. The molecule has 2 rings (SSSR count). The molecule has 25 heavy (non-hydrogen) atoms. The zero-order valence-corrected chi connectivity index (χ0v) is 13.6. The first-order valence-corrected chi connectivity index (χ1v) is 8.54. The lowest BCUT2D eigenvalue weighted by Gasteiger charge is -2.04. The average molecular weight is 363 g/mol. The fourth-order valence-corrected chi connectivity index (χ4v) is 2.45. The van der Waals surface area contributed by atoms with E-state index in [4.69, 9.17) is 4.74 Å². The summed E-state index contributed by atoms with van der Waals surface area (Å²) < 4.78 is 33.1. The normalized spacial score (nSPS) is 11.6. The SMILES string of the molecule is O=C(OS(=O)(=O)CC=C(Oc1ccccc1)[N+](=O)[O-])c1ccccc1. The van der Waals surface area contributed by atoms with Gasteiger partial charge < -0.3 is 8.92 Å². The van der Waals surface area contributed by atoms with E-state index in [1.807, 2.05) is 0 Å². The van der Waals surface area contributed by atoms with Gasteiger partial charge in [-0.1, -0.05) is 36.4 Å². The Hall–Kier alpha value is -3.20. The van der Waals surface area contributed by atoms with E-state index in [-0.39, 0.29) is 11.3 Å². The molecule has 0 bridgehead atoms. The fraction of sp³-hybridized carbons (Fsp3) is 0.0625. The maximum Gasteiger partial charge on any atom is 0.430 e. The summed E-state index contributed by atoms with van der Waals surface area (Å²) >= 11 is 0. The van der Waals surface area contributed by atoms with E-state index in [0.717, 1.165) is 6.08 Å². The van der Waals surface area contributed by atoms with Crippen LogP contribution in [0.1, 0.15) is 10.4 Å². The van der Waals surface area contributed by atoms with Crippen LogP contribution in [0.2, 0.25) is 0 Å². The smallest absolute Gasteiger partial charge is 0.402 e. The molecule has 130 valence electrons. The summed E-state index contributed by atoms with van der Waals surface area (Å²) in [6.07, 6.45) is 0.723. The maximum absolute atomic E-state index is 11.8. The van der Waals surface area contributed by atoms with Gasteiger partial charge in [0.15, 0.2) is 0 Å². The number of ether oxygens (including phenoxy) is 1. The van der Waals surface area contributed by atoms with Crippen LogP contribution in [0.3, 0.4) is 0 Å². The van der Waals surface area contributed by atoms with Gasteiger partial charge in [0, 0.05) is 0 Å². The minimum absolute atomic E-state index is 0.0464. The molecule has 9 heteroatoms. The second-order valence-electron chi connectivity index (χ2n) is 4.68. The molecule has 0 saturated heterocycles. The number of hydrogen-bond donors (Lipinski definition) is 0. The molecule has 0 saturated carbocycles. The first-order chi connectivity index (χ1) is 11.9. The monoisotopic (exact) mass is 363 g/mol. The summed E-state index contributed by atoms with van der Waals surface area (Å²) in [7, 11) is -4.36. The van der Waals surface area contributed by atoms with Crippen LogP contribution in [-0.2, 0) is 14.3 Å². The molecule has 0 heterocycles. The third kappa shape index (κ3) is 5.74. The van der Waals surface area contributed by atoms with Gasteiger partial charge in [0.25, 0.3) is 0 Å². The molecular weight excluding hydrogens is 350 g/mol. The van der Waals surface area contributed by atoms with Crippen molar-refractivity contribution in [2.24, 2.45) is 0 Å². The van der Waals surface area contributed by atoms with Gasteiger partial charge in [0.1, 0.15) is 16.4 Å². The molecule has 8 nitrogen and oxygen atoms in total. The van der Waals surface area contributed by atoms with Gasteiger partial charge in [-0.05, 0) is 24.3 Å². The Labute approximate surface area is 143 Å². The molecule has 0 aliphatic rings. The number of carbonyl (C=O) groups excluding carboxylic acids is 1. The van der Waals surface area contributed by atoms with Crippen molar-refractivity contribution in [2.75, 3.05) is 5.75 Å². The lowest BCUT2D eigenvalue weighted by molar-refractivity contribution is -0.454. The minimum atomic E-state index is -4.36. The van der Waals surface area contributed by atoms with Crippen molar-refractivity contribution in [3.8, 4) is 5.75 Å². The van der Waals surface area contributed by atoms with Gasteiger partial charge in [-0.15, -0.1) is 0 Å². The van der Waals surface area contributed by atoms with Crippen LogP contribution in [0.5, 0.6) is 5.75 Å². The molecule has 2 aromatic rings. The quantitative estimate of drug-likeness (QED) is 0.321. The molecule has 0 unspecified atom stereocenters. The number of nitro groups is 1. The first kappa shape index (κ1) is 18.1. The highest BCUT2D eigenvalue weighted by Crippen LogP contribution is 2.14. The van der Waals surface area contributed by atoms with E-state index in [0.29, 0.717) is 0 Å². The Morgan fingerprint density at radius 2 is 1.60 bits per heavy atom. The molecule has 0 aromatic heterocycles. The maximum atomic E-state index is 11.8. The van der Waals surface area contributed by atoms with Gasteiger partial charge in [0.05, 0.1) is 11.6 Å². The Morgan fingerprint density at radius 1 is 1.04 bits per heavy atom. The van der Waals surface area contributed by atoms with Crippen molar-refractivity contribution >= 4 is 16.1 Å². The van der Waals surface area contributed by atoms with E-state index in [9.17, 15) is 23.3 Å². The summed E-state index contributed by atoms with van der Waals surface area (Å²) in [5.74, 6) is -2.58. The van der Waals surface area contributed by atoms with E-state index in [1.165, 1.54) is 24.3 Å². The molecule has 0 N–H and O–H groups in total. The van der Waals surface area contributed by atoms with Crippen LogP contribution >= 0.6 is 0 Å². The number of benzene rings is 2. The van der Waals surface area contributed by atoms with E-state index >= 15 is 0 Å². The number of carbonyl (C=O) groups is 1. The first-order valence-electron chi connectivity index (χ1n) is 6.96. The summed E-state index contributed by atoms with van der Waals surface area (Å²) in [6.45, 7) is 0. The highest BCUT2D eigenvalue weighted by atomic mass is 32.2. The number of nitrogens with zero attached hydrogens (tertiary/aromatic N) is 1. The predicted molar refractivity (Wildman–Crippen MR) is 87.8 cm³/mol. The Kier molecular flexibility index (Phi) is 5.85. The van der Waals surface area contributed by atoms with E-state index < -0.39 is 32.6 Å². The Morgan fingerprint density at radius 3 is 2.16 bits per heavy atom. The molecule has 0 atom stereocenters. The third-order valence-corrected chi connectivity index (χ3v) is 3.80. The highest BCUT2D eigenvalue weighted by Gasteiger charge is 2.21. The van der Waals surface area contributed by atoms with E-state index in [2.05, 4.69) is 4.18 Å². The van der Waals surface area contributed by atoms with Crippen LogP contribution < -0.4 is 4.74 Å². The summed E-state index contributed by atoms with van der Waals surface area (Å²) in [4.78, 5) is 21.8. The van der Waals surface area contributed by atoms with Crippen LogP contribution in [0.15, 0.2) is 72.6 Å². The van der Waals surface area contributed by atoms with Crippen LogP contribution in [-0.4, -0.2) is 25.1 Å². The zero-order valence-electron chi connectivity index (χ0n) is 12.8. The van der Waals surface area contributed by atoms with Gasteiger partial charge in [-0.25, -0.2) is 4.79 Å². The molecule has 0 spiro atoms. The molecule has 0 amide bonds. The second kappa shape index (κ2) is 8.06. The van der Waals surface area contributed by atoms with Crippen molar-refractivity contribution in [3.63, 3.8) is 0 Å². The Balaban J connectivity index is 2.08. The number of para-hydroxylation sites is 1. The summed E-state index contributed by atoms with van der Waals surface area (Å²) in [6, 6.07) is 15.3. The van der Waals surface area contributed by atoms with Crippen LogP contribution in [0.25, 0.3) is 0 Å². The van der Waals surface area contributed by atoms with Gasteiger partial charge in [-0.3, -0.25) is 10.1 Å². The van der Waals surface area contributed by atoms with Crippen molar-refractivity contribution < 1.29 is 27.1 Å². The molecule has 0 fully saturated rings. The molecule has 2 aromatic carbocycles. The third-order valence-electron chi connectivity index (χ3n) is 2.82. The van der Waals surface area contributed by atoms with Gasteiger partial charge in [0.2, 0.25) is 0 Å². The zero-order chi connectivity index (χ0) is 18.3. The van der Waals surface area contributed by atoms with Crippen LogP contribution in [0.4, 0.5) is 0 Å². The lowest BCUT2D eigenvalue weighted by atomic mass is 10.2. The molecular formula is C16H13NO7S. The largest absolute Gasteiger partial charge is 0.430 e. The van der Waals surface area contributed by atoms with Gasteiger partial charge >= 0.3 is 22.0 Å². The average Bonchev–Trinajstić information content (AvgIpc) is 2.59. The number of rotatable bonds is 7. The fourth-order valence-electron chi connectivity index (χ4n) is 1.71. The predicted octanol–water partition coefficient (Wildman–Crippen LogP) is 2.37. The lowest BCUT2D eigenvalue weighted by Crippen LogP contribution is -2.17. The van der Waals surface area contributed by atoms with Gasteiger partial charge in [-0.2, -0.15) is 8.42 Å². The van der Waals surface area contributed by atoms with Crippen molar-refractivity contribution in [1.29, 1.82) is 0 Å². The van der Waals surface area contributed by atoms with E-state index in [1.54, 1.807) is 36.4 Å². The van der Waals surface area contributed by atoms with Crippen LogP contribution in [0, 0.1) is 10.1 Å². The van der Waals surface area contributed by atoms with Crippen molar-refractivity contribution in [1.82, 2.24) is 0 Å². The van der Waals surface area contributed by atoms with Crippen molar-refractivity contribution in [3.05, 3.63) is 88.3 Å². The topological polar surface area (TPSA) is 113 Å².